The summed E-state index contributed by atoms with van der Waals surface area (Å²) < 4.78 is 47.4. The van der Waals surface area contributed by atoms with Crippen molar-refractivity contribution in [2.24, 2.45) is 0 Å². The predicted octanol–water partition coefficient (Wildman–Crippen LogP) is 4.22. The molecule has 0 atom stereocenters. The molecule has 1 saturated carbocycles. The van der Waals surface area contributed by atoms with E-state index in [9.17, 15) is 18.0 Å². The summed E-state index contributed by atoms with van der Waals surface area (Å²) in [4.78, 5) is 12.7. The molecular weight excluding hydrogens is 323 g/mol. The predicted molar refractivity (Wildman–Crippen MR) is 84.2 cm³/mol. The van der Waals surface area contributed by atoms with E-state index in [4.69, 9.17) is 9.47 Å². The van der Waals surface area contributed by atoms with Crippen LogP contribution in [0, 0.1) is 6.92 Å². The van der Waals surface area contributed by atoms with Gasteiger partial charge < -0.3 is 14.8 Å². The van der Waals surface area contributed by atoms with Crippen molar-refractivity contribution in [3.8, 4) is 5.75 Å². The SMILES string of the molecule is CCOC1(C(=O)Nc2cccc(OCC(F)(F)F)c2C)CCCC1. The third-order valence-electron chi connectivity index (χ3n) is 4.17. The number of benzene rings is 1. The van der Waals surface area contributed by atoms with Gasteiger partial charge >= 0.3 is 6.18 Å². The van der Waals surface area contributed by atoms with Crippen molar-refractivity contribution in [3.05, 3.63) is 23.8 Å². The lowest BCUT2D eigenvalue weighted by Gasteiger charge is -2.28. The van der Waals surface area contributed by atoms with Crippen molar-refractivity contribution in [2.75, 3.05) is 18.5 Å². The molecule has 1 amide bonds. The van der Waals surface area contributed by atoms with E-state index in [2.05, 4.69) is 5.32 Å². The van der Waals surface area contributed by atoms with E-state index < -0.39 is 18.4 Å². The maximum atomic E-state index is 12.7. The van der Waals surface area contributed by atoms with E-state index in [1.807, 2.05) is 6.92 Å². The molecule has 24 heavy (non-hydrogen) atoms. The number of alkyl halides is 3. The quantitative estimate of drug-likeness (QED) is 0.839. The van der Waals surface area contributed by atoms with Crippen LogP contribution in [-0.2, 0) is 9.53 Å². The van der Waals surface area contributed by atoms with Gasteiger partial charge in [0.15, 0.2) is 6.61 Å². The van der Waals surface area contributed by atoms with Gasteiger partial charge in [0.25, 0.3) is 5.91 Å². The van der Waals surface area contributed by atoms with Crippen molar-refractivity contribution in [2.45, 2.75) is 51.3 Å². The van der Waals surface area contributed by atoms with Gasteiger partial charge in [-0.2, -0.15) is 13.2 Å². The zero-order chi connectivity index (χ0) is 17.8. The molecule has 7 heteroatoms. The summed E-state index contributed by atoms with van der Waals surface area (Å²) in [5.41, 5.74) is 0.0507. The molecule has 134 valence electrons. The maximum Gasteiger partial charge on any atom is 0.422 e. The molecule has 0 aromatic heterocycles. The van der Waals surface area contributed by atoms with Crippen molar-refractivity contribution in [1.29, 1.82) is 0 Å². The maximum absolute atomic E-state index is 12.7. The van der Waals surface area contributed by atoms with E-state index in [1.165, 1.54) is 6.07 Å². The summed E-state index contributed by atoms with van der Waals surface area (Å²) in [5.74, 6) is -0.153. The number of amides is 1. The van der Waals surface area contributed by atoms with Gasteiger partial charge in [0.05, 0.1) is 0 Å². The Morgan fingerprint density at radius 2 is 1.96 bits per heavy atom. The molecule has 1 fully saturated rings. The summed E-state index contributed by atoms with van der Waals surface area (Å²) in [7, 11) is 0. The Morgan fingerprint density at radius 3 is 2.54 bits per heavy atom. The highest BCUT2D eigenvalue weighted by molar-refractivity contribution is 5.98. The van der Waals surface area contributed by atoms with Gasteiger partial charge in [-0.1, -0.05) is 6.07 Å². The number of anilines is 1. The molecule has 0 bridgehead atoms. The summed E-state index contributed by atoms with van der Waals surface area (Å²) in [5, 5.41) is 2.79. The molecule has 0 saturated heterocycles. The van der Waals surface area contributed by atoms with Crippen LogP contribution in [0.3, 0.4) is 0 Å². The smallest absolute Gasteiger partial charge is 0.422 e. The van der Waals surface area contributed by atoms with E-state index in [0.717, 1.165) is 12.8 Å². The second kappa shape index (κ2) is 7.42. The van der Waals surface area contributed by atoms with Gasteiger partial charge in [0, 0.05) is 17.9 Å². The summed E-state index contributed by atoms with van der Waals surface area (Å²) in [6.07, 6.45) is -1.27. The minimum Gasteiger partial charge on any atom is -0.484 e. The van der Waals surface area contributed by atoms with Crippen LogP contribution >= 0.6 is 0 Å². The van der Waals surface area contributed by atoms with Crippen molar-refractivity contribution < 1.29 is 27.4 Å². The average Bonchev–Trinajstić information content (AvgIpc) is 2.97. The van der Waals surface area contributed by atoms with Crippen LogP contribution in [0.4, 0.5) is 18.9 Å². The molecule has 1 aliphatic rings. The van der Waals surface area contributed by atoms with Crippen LogP contribution in [0.25, 0.3) is 0 Å². The van der Waals surface area contributed by atoms with Crippen molar-refractivity contribution in [3.63, 3.8) is 0 Å². The number of ether oxygens (including phenoxy) is 2. The summed E-state index contributed by atoms with van der Waals surface area (Å²) >= 11 is 0. The molecular formula is C17H22F3NO3. The summed E-state index contributed by atoms with van der Waals surface area (Å²) in [6, 6.07) is 4.64. The Bertz CT molecular complexity index is 581. The van der Waals surface area contributed by atoms with Gasteiger partial charge in [-0.15, -0.1) is 0 Å². The van der Waals surface area contributed by atoms with Gasteiger partial charge in [-0.25, -0.2) is 0 Å². The largest absolute Gasteiger partial charge is 0.484 e. The molecule has 4 nitrogen and oxygen atoms in total. The van der Waals surface area contributed by atoms with Crippen molar-refractivity contribution >= 4 is 11.6 Å². The zero-order valence-corrected chi connectivity index (χ0v) is 13.8. The van der Waals surface area contributed by atoms with Gasteiger partial charge in [-0.05, 0) is 51.7 Å². The van der Waals surface area contributed by atoms with Gasteiger partial charge in [0.1, 0.15) is 11.4 Å². The summed E-state index contributed by atoms with van der Waals surface area (Å²) in [6.45, 7) is 2.52. The lowest BCUT2D eigenvalue weighted by atomic mass is 10.0. The number of carbonyl (C=O) groups excluding carboxylic acids is 1. The van der Waals surface area contributed by atoms with Crippen LogP contribution in [0.15, 0.2) is 18.2 Å². The lowest BCUT2D eigenvalue weighted by molar-refractivity contribution is -0.153. The van der Waals surface area contributed by atoms with E-state index in [1.54, 1.807) is 19.1 Å². The number of hydrogen-bond donors (Lipinski definition) is 1. The van der Waals surface area contributed by atoms with Crippen LogP contribution in [0.5, 0.6) is 5.75 Å². The number of halogens is 3. The fourth-order valence-corrected chi connectivity index (χ4v) is 2.96. The first kappa shape index (κ1) is 18.6. The monoisotopic (exact) mass is 345 g/mol. The molecule has 0 spiro atoms. The molecule has 1 aliphatic carbocycles. The van der Waals surface area contributed by atoms with Gasteiger partial charge in [0.2, 0.25) is 0 Å². The Kier molecular flexibility index (Phi) is 5.74. The third kappa shape index (κ3) is 4.41. The fourth-order valence-electron chi connectivity index (χ4n) is 2.96. The standard InChI is InChI=1S/C17H22F3NO3/c1-3-24-16(9-4-5-10-16)15(22)21-13-7-6-8-14(12(13)2)23-11-17(18,19)20/h6-8H,3-5,9-11H2,1-2H3,(H,21,22). The number of hydrogen-bond acceptors (Lipinski definition) is 3. The average molecular weight is 345 g/mol. The molecule has 1 aromatic rings. The number of rotatable bonds is 6. The van der Waals surface area contributed by atoms with Crippen LogP contribution in [-0.4, -0.2) is 30.9 Å². The van der Waals surface area contributed by atoms with Crippen molar-refractivity contribution in [1.82, 2.24) is 0 Å². The zero-order valence-electron chi connectivity index (χ0n) is 13.8. The van der Waals surface area contributed by atoms with E-state index in [0.29, 0.717) is 30.7 Å². The van der Waals surface area contributed by atoms with Crippen LogP contribution in [0.1, 0.15) is 38.2 Å². The Hall–Kier alpha value is -1.76. The number of nitrogens with one attached hydrogen (secondary N) is 1. The Morgan fingerprint density at radius 1 is 1.29 bits per heavy atom. The second-order valence-electron chi connectivity index (χ2n) is 5.92. The highest BCUT2D eigenvalue weighted by atomic mass is 19.4. The van der Waals surface area contributed by atoms with Crippen LogP contribution in [0.2, 0.25) is 0 Å². The molecule has 1 N–H and O–H groups in total. The molecule has 0 radical (unpaired) electrons. The lowest BCUT2D eigenvalue weighted by Crippen LogP contribution is -2.43. The molecule has 0 heterocycles. The highest BCUT2D eigenvalue weighted by Crippen LogP contribution is 2.35. The molecule has 0 aliphatic heterocycles. The minimum absolute atomic E-state index is 0.0991. The first-order valence-electron chi connectivity index (χ1n) is 8.02. The van der Waals surface area contributed by atoms with E-state index in [-0.39, 0.29) is 11.7 Å². The third-order valence-corrected chi connectivity index (χ3v) is 4.17. The van der Waals surface area contributed by atoms with Crippen LogP contribution < -0.4 is 10.1 Å². The van der Waals surface area contributed by atoms with Gasteiger partial charge in [-0.3, -0.25) is 4.79 Å². The first-order chi connectivity index (χ1) is 11.3. The minimum atomic E-state index is -4.41. The molecule has 1 aromatic carbocycles. The Labute approximate surface area is 139 Å². The highest BCUT2D eigenvalue weighted by Gasteiger charge is 2.42. The fraction of sp³-hybridized carbons (Fsp3) is 0.588. The molecule has 0 unspecified atom stereocenters. The molecule has 2 rings (SSSR count). The first-order valence-corrected chi connectivity index (χ1v) is 8.02. The van der Waals surface area contributed by atoms with E-state index >= 15 is 0 Å². The second-order valence-corrected chi connectivity index (χ2v) is 5.92. The topological polar surface area (TPSA) is 47.6 Å². The number of carbonyl (C=O) groups is 1. The Balaban J connectivity index is 2.13. The normalized spacial score (nSPS) is 16.9.